The van der Waals surface area contributed by atoms with E-state index >= 15 is 0 Å². The van der Waals surface area contributed by atoms with Crippen LogP contribution in [0.3, 0.4) is 0 Å². The summed E-state index contributed by atoms with van der Waals surface area (Å²) in [6.07, 6.45) is 8.48. The number of hydrogen-bond donors (Lipinski definition) is 0. The lowest BCUT2D eigenvalue weighted by molar-refractivity contribution is -0.137. The van der Waals surface area contributed by atoms with Gasteiger partial charge in [0.05, 0.1) is 10.2 Å². The van der Waals surface area contributed by atoms with Crippen LogP contribution in [0.15, 0.2) is 9.66 Å². The summed E-state index contributed by atoms with van der Waals surface area (Å²) in [5.41, 5.74) is 0. The molecule has 0 aromatic rings. The Kier molecular flexibility index (Phi) is 5.52. The quantitative estimate of drug-likeness (QED) is 0.453. The van der Waals surface area contributed by atoms with Gasteiger partial charge in [-0.15, -0.1) is 0 Å². The lowest BCUT2D eigenvalue weighted by atomic mass is 9.89. The van der Waals surface area contributed by atoms with E-state index in [2.05, 4.69) is 28.7 Å². The zero-order chi connectivity index (χ0) is 10.4. The number of esters is 1. The molecule has 1 aliphatic carbocycles. The standard InChI is InChI=1S/C11H17IO2/c1-2-14-11(13)10(12)8-9-6-4-3-5-7-9/h8-9H,2-7H2,1H3/b10-8-. The first-order valence-corrected chi connectivity index (χ1v) is 6.36. The molecular weight excluding hydrogens is 291 g/mol. The smallest absolute Gasteiger partial charge is 0.344 e. The van der Waals surface area contributed by atoms with Crippen molar-refractivity contribution in [3.05, 3.63) is 9.66 Å². The third-order valence-corrected chi connectivity index (χ3v) is 3.30. The van der Waals surface area contributed by atoms with E-state index in [1.54, 1.807) is 0 Å². The number of rotatable bonds is 3. The molecule has 0 bridgehead atoms. The summed E-state index contributed by atoms with van der Waals surface area (Å²) in [5.74, 6) is 0.429. The van der Waals surface area contributed by atoms with E-state index in [4.69, 9.17) is 4.74 Å². The first-order chi connectivity index (χ1) is 6.74. The van der Waals surface area contributed by atoms with Gasteiger partial charge in [0.2, 0.25) is 0 Å². The van der Waals surface area contributed by atoms with Gasteiger partial charge in [0.25, 0.3) is 0 Å². The molecule has 1 aliphatic rings. The molecule has 1 fully saturated rings. The predicted molar refractivity (Wildman–Crippen MR) is 65.3 cm³/mol. The zero-order valence-corrected chi connectivity index (χ0v) is 10.7. The van der Waals surface area contributed by atoms with Crippen molar-refractivity contribution >= 4 is 28.6 Å². The van der Waals surface area contributed by atoms with E-state index in [9.17, 15) is 4.79 Å². The Morgan fingerprint density at radius 1 is 1.43 bits per heavy atom. The maximum atomic E-state index is 11.3. The van der Waals surface area contributed by atoms with Crippen molar-refractivity contribution in [3.8, 4) is 0 Å². The zero-order valence-electron chi connectivity index (χ0n) is 8.59. The molecule has 0 atom stereocenters. The number of carbonyl (C=O) groups is 1. The van der Waals surface area contributed by atoms with Crippen molar-refractivity contribution in [1.29, 1.82) is 0 Å². The van der Waals surface area contributed by atoms with E-state index < -0.39 is 0 Å². The molecule has 3 heteroatoms. The van der Waals surface area contributed by atoms with Gasteiger partial charge in [-0.3, -0.25) is 0 Å². The molecule has 1 rings (SSSR count). The fourth-order valence-corrected chi connectivity index (χ4v) is 2.44. The number of ether oxygens (including phenoxy) is 1. The molecule has 2 nitrogen and oxygen atoms in total. The Balaban J connectivity index is 2.44. The molecule has 0 saturated heterocycles. The van der Waals surface area contributed by atoms with Gasteiger partial charge < -0.3 is 4.74 Å². The summed E-state index contributed by atoms with van der Waals surface area (Å²) in [5, 5.41) is 0. The topological polar surface area (TPSA) is 26.3 Å². The molecule has 0 N–H and O–H groups in total. The molecule has 0 unspecified atom stereocenters. The second-order valence-corrected chi connectivity index (χ2v) is 4.80. The maximum absolute atomic E-state index is 11.3. The van der Waals surface area contributed by atoms with Gasteiger partial charge in [0.15, 0.2) is 0 Å². The third kappa shape index (κ3) is 3.98. The summed E-state index contributed by atoms with van der Waals surface area (Å²) >= 11 is 2.08. The summed E-state index contributed by atoms with van der Waals surface area (Å²) in [6, 6.07) is 0. The Morgan fingerprint density at radius 3 is 2.64 bits per heavy atom. The largest absolute Gasteiger partial charge is 0.462 e. The average Bonchev–Trinajstić information content (AvgIpc) is 2.19. The number of hydrogen-bond acceptors (Lipinski definition) is 2. The van der Waals surface area contributed by atoms with Crippen LogP contribution in [0.4, 0.5) is 0 Å². The van der Waals surface area contributed by atoms with Gasteiger partial charge in [-0.05, 0) is 48.3 Å². The molecule has 0 aromatic carbocycles. The summed E-state index contributed by atoms with van der Waals surface area (Å²) in [6.45, 7) is 2.30. The van der Waals surface area contributed by atoms with Crippen molar-refractivity contribution in [2.24, 2.45) is 5.92 Å². The van der Waals surface area contributed by atoms with Crippen LogP contribution < -0.4 is 0 Å². The highest BCUT2D eigenvalue weighted by Gasteiger charge is 2.14. The van der Waals surface area contributed by atoms with Crippen LogP contribution in [0.25, 0.3) is 0 Å². The van der Waals surface area contributed by atoms with E-state index in [1.807, 2.05) is 6.92 Å². The Morgan fingerprint density at radius 2 is 2.07 bits per heavy atom. The molecule has 80 valence electrons. The van der Waals surface area contributed by atoms with Gasteiger partial charge in [-0.25, -0.2) is 4.79 Å². The average molecular weight is 308 g/mol. The number of halogens is 1. The van der Waals surface area contributed by atoms with Crippen LogP contribution in [-0.4, -0.2) is 12.6 Å². The van der Waals surface area contributed by atoms with Crippen molar-refractivity contribution in [3.63, 3.8) is 0 Å². The molecular formula is C11H17IO2. The molecule has 0 heterocycles. The Hall–Kier alpha value is -0.0600. The van der Waals surface area contributed by atoms with Crippen molar-refractivity contribution in [2.45, 2.75) is 39.0 Å². The van der Waals surface area contributed by atoms with Crippen LogP contribution >= 0.6 is 22.6 Å². The second-order valence-electron chi connectivity index (χ2n) is 3.63. The highest BCUT2D eigenvalue weighted by Crippen LogP contribution is 2.27. The fourth-order valence-electron chi connectivity index (χ4n) is 1.78. The summed E-state index contributed by atoms with van der Waals surface area (Å²) in [4.78, 5) is 11.3. The minimum atomic E-state index is -0.168. The fraction of sp³-hybridized carbons (Fsp3) is 0.727. The van der Waals surface area contributed by atoms with Gasteiger partial charge in [0, 0.05) is 0 Å². The molecule has 0 spiro atoms. The van der Waals surface area contributed by atoms with Crippen molar-refractivity contribution in [1.82, 2.24) is 0 Å². The van der Waals surface area contributed by atoms with Crippen LogP contribution in [0.2, 0.25) is 0 Å². The van der Waals surface area contributed by atoms with Crippen LogP contribution in [0.1, 0.15) is 39.0 Å². The Bertz CT molecular complexity index is 217. The van der Waals surface area contributed by atoms with Crippen molar-refractivity contribution in [2.75, 3.05) is 6.61 Å². The normalized spacial score (nSPS) is 19.4. The van der Waals surface area contributed by atoms with Crippen LogP contribution in [0, 0.1) is 5.92 Å². The molecule has 1 saturated carbocycles. The van der Waals surface area contributed by atoms with Gasteiger partial charge in [0.1, 0.15) is 0 Å². The first-order valence-electron chi connectivity index (χ1n) is 5.28. The SMILES string of the molecule is CCOC(=O)/C(I)=C/C1CCCCC1. The highest BCUT2D eigenvalue weighted by atomic mass is 127. The predicted octanol–water partition coefficient (Wildman–Crippen LogP) is 3.45. The Labute approximate surface area is 99.2 Å². The molecule has 14 heavy (non-hydrogen) atoms. The second kappa shape index (κ2) is 6.43. The van der Waals surface area contributed by atoms with E-state index in [0.29, 0.717) is 12.5 Å². The van der Waals surface area contributed by atoms with Gasteiger partial charge in [-0.2, -0.15) is 0 Å². The molecule has 0 aliphatic heterocycles. The van der Waals surface area contributed by atoms with Crippen LogP contribution in [0.5, 0.6) is 0 Å². The highest BCUT2D eigenvalue weighted by molar-refractivity contribution is 14.1. The number of carbonyl (C=O) groups excluding carboxylic acids is 1. The minimum Gasteiger partial charge on any atom is -0.462 e. The third-order valence-electron chi connectivity index (χ3n) is 2.50. The number of allylic oxidation sites excluding steroid dienone is 1. The van der Waals surface area contributed by atoms with E-state index in [0.717, 1.165) is 3.58 Å². The molecule has 0 aromatic heterocycles. The monoisotopic (exact) mass is 308 g/mol. The first kappa shape index (κ1) is 12.0. The lowest BCUT2D eigenvalue weighted by Crippen LogP contribution is -2.08. The maximum Gasteiger partial charge on any atom is 0.344 e. The molecule has 0 amide bonds. The van der Waals surface area contributed by atoms with E-state index in [-0.39, 0.29) is 5.97 Å². The van der Waals surface area contributed by atoms with Gasteiger partial charge in [-0.1, -0.05) is 25.3 Å². The lowest BCUT2D eigenvalue weighted by Gasteiger charge is -2.18. The van der Waals surface area contributed by atoms with Crippen molar-refractivity contribution < 1.29 is 9.53 Å². The minimum absolute atomic E-state index is 0.168. The van der Waals surface area contributed by atoms with E-state index in [1.165, 1.54) is 32.1 Å². The summed E-state index contributed by atoms with van der Waals surface area (Å²) < 4.78 is 5.68. The summed E-state index contributed by atoms with van der Waals surface area (Å²) in [7, 11) is 0. The molecule has 0 radical (unpaired) electrons. The van der Waals surface area contributed by atoms with Gasteiger partial charge >= 0.3 is 5.97 Å². The van der Waals surface area contributed by atoms with Crippen LogP contribution in [-0.2, 0) is 9.53 Å².